The summed E-state index contributed by atoms with van der Waals surface area (Å²) in [5.74, 6) is 0. The fraction of sp³-hybridized carbons (Fsp3) is 0. The van der Waals surface area contributed by atoms with E-state index in [1.54, 1.807) is 0 Å². The Morgan fingerprint density at radius 1 is 0.211 bits per heavy atom. The maximum Gasteiger partial charge on any atom is 0.136 e. The number of fused-ring (bicyclic) bond motifs is 14. The molecule has 0 aliphatic rings. The van der Waals surface area contributed by atoms with Crippen molar-refractivity contribution in [2.75, 3.05) is 10.2 Å². The van der Waals surface area contributed by atoms with E-state index in [1.165, 1.54) is 110 Å². The van der Waals surface area contributed by atoms with Gasteiger partial charge >= 0.3 is 0 Å². The fourth-order valence-electron chi connectivity index (χ4n) is 18.0. The zero-order chi connectivity index (χ0) is 81.7. The SMILES string of the molecule is Brc1ccc(-c2ccc3oc4cccc(-c5cccc(-c6ccc7c8ccccc8n(-c8ccccc8)c7c6)c5)c4c3c2)cc1.c1ccc(N(c2ccc(-c3ccc4oc5cccc(-c6cccc(-c7ccc8c9ccccc9n(-c9ccccc9)c8c7)c6)c5c4c3)cc2)c2ccc3ccccc3c2)cc1.c1ccc(Nc2ccc3ccccc3c2)cc1. The van der Waals surface area contributed by atoms with Gasteiger partial charge in [-0.3, -0.25) is 0 Å². The van der Waals surface area contributed by atoms with E-state index in [9.17, 15) is 0 Å². The highest BCUT2D eigenvalue weighted by Gasteiger charge is 2.22. The van der Waals surface area contributed by atoms with Gasteiger partial charge in [-0.1, -0.05) is 307 Å². The highest BCUT2D eigenvalue weighted by Crippen LogP contribution is 2.46. The van der Waals surface area contributed by atoms with E-state index in [0.717, 1.165) is 110 Å². The summed E-state index contributed by atoms with van der Waals surface area (Å²) in [6, 6.07) is 164. The summed E-state index contributed by atoms with van der Waals surface area (Å²) in [6.45, 7) is 0. The van der Waals surface area contributed by atoms with Crippen LogP contribution < -0.4 is 10.2 Å². The van der Waals surface area contributed by atoms with Crippen LogP contribution >= 0.6 is 15.9 Å². The molecule has 0 radical (unpaired) electrons. The van der Waals surface area contributed by atoms with E-state index >= 15 is 0 Å². The molecule has 123 heavy (non-hydrogen) atoms. The van der Waals surface area contributed by atoms with Crippen LogP contribution in [0.3, 0.4) is 0 Å². The van der Waals surface area contributed by atoms with Crippen molar-refractivity contribution in [3.05, 3.63) is 466 Å². The van der Waals surface area contributed by atoms with Crippen molar-refractivity contribution in [1.82, 2.24) is 9.13 Å². The Bertz CT molecular complexity index is 8090. The second-order valence-electron chi connectivity index (χ2n) is 31.3. The van der Waals surface area contributed by atoms with Crippen molar-refractivity contribution in [3.63, 3.8) is 0 Å². The average Bonchev–Trinajstić information content (AvgIpc) is 1.62. The van der Waals surface area contributed by atoms with Crippen LogP contribution in [0.4, 0.5) is 28.4 Å². The van der Waals surface area contributed by atoms with Crippen molar-refractivity contribution in [2.45, 2.75) is 0 Å². The minimum absolute atomic E-state index is 0.879. The van der Waals surface area contributed by atoms with E-state index in [0.29, 0.717) is 0 Å². The lowest BCUT2D eigenvalue weighted by molar-refractivity contribution is 0.668. The predicted octanol–water partition coefficient (Wildman–Crippen LogP) is 33.3. The summed E-state index contributed by atoms with van der Waals surface area (Å²) < 4.78 is 18.7. The van der Waals surface area contributed by atoms with Gasteiger partial charge in [0.15, 0.2) is 0 Å². The molecule has 0 amide bonds. The summed E-state index contributed by atoms with van der Waals surface area (Å²) in [6.07, 6.45) is 0. The largest absolute Gasteiger partial charge is 0.456 e. The third kappa shape index (κ3) is 14.1. The number of nitrogens with zero attached hydrogens (tertiary/aromatic N) is 3. The monoisotopic (exact) mass is 1640 g/mol. The van der Waals surface area contributed by atoms with E-state index in [1.807, 2.05) is 18.2 Å². The Hall–Kier alpha value is -15.8. The zero-order valence-corrected chi connectivity index (χ0v) is 68.5. The van der Waals surface area contributed by atoms with Crippen LogP contribution in [0.15, 0.2) is 474 Å². The van der Waals surface area contributed by atoms with Crippen LogP contribution in [0.2, 0.25) is 0 Å². The number of anilines is 5. The van der Waals surface area contributed by atoms with Crippen LogP contribution in [-0.4, -0.2) is 9.13 Å². The second kappa shape index (κ2) is 31.8. The van der Waals surface area contributed by atoms with E-state index < -0.39 is 0 Å². The highest BCUT2D eigenvalue weighted by molar-refractivity contribution is 9.10. The molecule has 0 bridgehead atoms. The molecule has 1 N–H and O–H groups in total. The lowest BCUT2D eigenvalue weighted by Crippen LogP contribution is -2.09. The molecule has 580 valence electrons. The molecular formula is C116H77BrN4O2. The first kappa shape index (κ1) is 73.6. The van der Waals surface area contributed by atoms with Gasteiger partial charge in [-0.25, -0.2) is 0 Å². The Labute approximate surface area is 720 Å². The number of aromatic nitrogens is 2. The standard InChI is InChI=1S/C58H38N2O.C42H26BrNO.C16H13N/c1-3-17-46(18-4-1)59(49-32-27-39-13-7-8-14-42(39)36-49)48-30-25-40(26-31-48)43-29-34-56-53(37-43)58-50(22-12-24-57(58)61-56)45-16-11-15-41(35-45)44-28-33-52-51-21-9-10-23-54(51)60(55(52)38-44)47-19-5-2-6-20-47;43-32-20-16-27(17-21-32)29-19-23-40-37(25-29)42-34(13-7-15-41(42)45-40)31-9-6-8-28(24-31)30-18-22-36-35-12-4-5-14-38(35)44(39(36)26-30)33-10-2-1-3-11-33;1-2-8-15(9-3-1)17-16-11-10-13-6-4-5-7-14(13)12-16/h1-38H;1-26H;1-12,17H. The third-order valence-electron chi connectivity index (χ3n) is 23.8. The van der Waals surface area contributed by atoms with E-state index in [-0.39, 0.29) is 0 Å². The predicted molar refractivity (Wildman–Crippen MR) is 522 cm³/mol. The fourth-order valence-corrected chi connectivity index (χ4v) is 18.2. The first-order valence-corrected chi connectivity index (χ1v) is 42.5. The van der Waals surface area contributed by atoms with Crippen LogP contribution in [0.5, 0.6) is 0 Å². The molecule has 24 aromatic rings. The maximum absolute atomic E-state index is 6.52. The molecule has 4 heterocycles. The molecule has 0 unspecified atom stereocenters. The number of furan rings is 2. The van der Waals surface area contributed by atoms with Crippen molar-refractivity contribution < 1.29 is 8.83 Å². The number of hydrogen-bond donors (Lipinski definition) is 1. The summed E-state index contributed by atoms with van der Waals surface area (Å²) in [5, 5.41) is 17.9. The van der Waals surface area contributed by atoms with Gasteiger partial charge in [0, 0.05) is 87.4 Å². The van der Waals surface area contributed by atoms with E-state index in [2.05, 4.69) is 478 Å². The number of halogens is 1. The Kier molecular flexibility index (Phi) is 19.0. The molecule has 0 saturated heterocycles. The molecule has 0 spiro atoms. The molecule has 0 aliphatic heterocycles. The molecule has 20 aromatic carbocycles. The Morgan fingerprint density at radius 3 is 1.12 bits per heavy atom. The number of rotatable bonds is 13. The van der Waals surface area contributed by atoms with Crippen LogP contribution in [0.25, 0.3) is 187 Å². The first-order valence-electron chi connectivity index (χ1n) is 41.7. The van der Waals surface area contributed by atoms with Crippen LogP contribution in [-0.2, 0) is 0 Å². The number of nitrogens with one attached hydrogen (secondary N) is 1. The summed E-state index contributed by atoms with van der Waals surface area (Å²) >= 11 is 3.56. The van der Waals surface area contributed by atoms with Crippen molar-refractivity contribution in [1.29, 1.82) is 0 Å². The Balaban J connectivity index is 0.000000126. The molecule has 4 aromatic heterocycles. The first-order chi connectivity index (χ1) is 60.9. The minimum atomic E-state index is 0.879. The van der Waals surface area contributed by atoms with Gasteiger partial charge in [-0.2, -0.15) is 0 Å². The molecule has 6 nitrogen and oxygen atoms in total. The van der Waals surface area contributed by atoms with Crippen molar-refractivity contribution >= 4 is 153 Å². The second-order valence-corrected chi connectivity index (χ2v) is 32.2. The van der Waals surface area contributed by atoms with Gasteiger partial charge in [-0.05, 0) is 258 Å². The van der Waals surface area contributed by atoms with E-state index in [4.69, 9.17) is 8.83 Å². The smallest absolute Gasteiger partial charge is 0.136 e. The van der Waals surface area contributed by atoms with Crippen LogP contribution in [0.1, 0.15) is 0 Å². The quantitative estimate of drug-likeness (QED) is 0.125. The topological polar surface area (TPSA) is 51.4 Å². The lowest BCUT2D eigenvalue weighted by Gasteiger charge is -2.26. The van der Waals surface area contributed by atoms with Gasteiger partial charge < -0.3 is 28.2 Å². The lowest BCUT2D eigenvalue weighted by atomic mass is 9.94. The molecule has 24 rings (SSSR count). The van der Waals surface area contributed by atoms with Crippen molar-refractivity contribution in [2.24, 2.45) is 0 Å². The average molecular weight is 1640 g/mol. The van der Waals surface area contributed by atoms with Gasteiger partial charge in [-0.15, -0.1) is 0 Å². The zero-order valence-electron chi connectivity index (χ0n) is 66.9. The van der Waals surface area contributed by atoms with Gasteiger partial charge in [0.2, 0.25) is 0 Å². The highest BCUT2D eigenvalue weighted by atomic mass is 79.9. The molecule has 0 saturated carbocycles. The number of hydrogen-bond acceptors (Lipinski definition) is 4. The van der Waals surface area contributed by atoms with Crippen molar-refractivity contribution in [3.8, 4) is 78.1 Å². The van der Waals surface area contributed by atoms with Crippen LogP contribution in [0, 0.1) is 0 Å². The summed E-state index contributed by atoms with van der Waals surface area (Å²) in [4.78, 5) is 2.32. The molecule has 0 fully saturated rings. The number of benzene rings is 20. The van der Waals surface area contributed by atoms with Gasteiger partial charge in [0.1, 0.15) is 22.3 Å². The normalized spacial score (nSPS) is 11.5. The molecular weight excluding hydrogens is 1560 g/mol. The van der Waals surface area contributed by atoms with Gasteiger partial charge in [0.25, 0.3) is 0 Å². The number of para-hydroxylation sites is 6. The maximum atomic E-state index is 6.52. The van der Waals surface area contributed by atoms with Gasteiger partial charge in [0.05, 0.1) is 22.1 Å². The Morgan fingerprint density at radius 2 is 0.593 bits per heavy atom. The minimum Gasteiger partial charge on any atom is -0.456 e. The molecule has 7 heteroatoms. The molecule has 0 aliphatic carbocycles. The summed E-state index contributed by atoms with van der Waals surface area (Å²) in [5.41, 5.74) is 30.3. The molecule has 0 atom stereocenters. The summed E-state index contributed by atoms with van der Waals surface area (Å²) in [7, 11) is 0. The third-order valence-corrected chi connectivity index (χ3v) is 24.4.